The van der Waals surface area contributed by atoms with Crippen molar-refractivity contribution in [3.05, 3.63) is 11.6 Å². The van der Waals surface area contributed by atoms with Crippen molar-refractivity contribution in [2.45, 2.75) is 53.4 Å². The third-order valence-electron chi connectivity index (χ3n) is 5.15. The van der Waals surface area contributed by atoms with Crippen molar-refractivity contribution in [3.63, 3.8) is 0 Å². The molecule has 1 fully saturated rings. The maximum atomic E-state index is 12.0. The SMILES string of the molecule is CC1=CC[C@]2(CC1=O)C(C)CCC2C(C)C. The third kappa shape index (κ3) is 1.65. The molecule has 0 amide bonds. The van der Waals surface area contributed by atoms with Crippen molar-refractivity contribution in [2.75, 3.05) is 0 Å². The zero-order valence-corrected chi connectivity index (χ0v) is 11.0. The summed E-state index contributed by atoms with van der Waals surface area (Å²) in [5.74, 6) is 2.57. The molecule has 1 nitrogen and oxygen atoms in total. The fraction of sp³-hybridized carbons (Fsp3) is 0.800. The van der Waals surface area contributed by atoms with Gasteiger partial charge in [-0.05, 0) is 54.9 Å². The van der Waals surface area contributed by atoms with Gasteiger partial charge in [0.25, 0.3) is 0 Å². The van der Waals surface area contributed by atoms with E-state index in [1.165, 1.54) is 12.8 Å². The summed E-state index contributed by atoms with van der Waals surface area (Å²) in [5, 5.41) is 0. The Hall–Kier alpha value is -0.590. The smallest absolute Gasteiger partial charge is 0.158 e. The normalized spacial score (nSPS) is 39.6. The standard InChI is InChI=1S/C15H24O/c1-10(2)13-6-5-12(4)15(13)8-7-11(3)14(16)9-15/h7,10,12-13H,5-6,8-9H2,1-4H3/t12?,13?,15-/m0/s1. The Morgan fingerprint density at radius 1 is 1.38 bits per heavy atom. The van der Waals surface area contributed by atoms with E-state index in [1.807, 2.05) is 6.92 Å². The van der Waals surface area contributed by atoms with Crippen LogP contribution in [-0.2, 0) is 4.79 Å². The molecule has 0 aromatic heterocycles. The van der Waals surface area contributed by atoms with Gasteiger partial charge in [0.15, 0.2) is 5.78 Å². The summed E-state index contributed by atoms with van der Waals surface area (Å²) in [6.45, 7) is 8.96. The fourth-order valence-electron chi connectivity index (χ4n) is 3.99. The summed E-state index contributed by atoms with van der Waals surface area (Å²) < 4.78 is 0. The first kappa shape index (κ1) is 11.9. The van der Waals surface area contributed by atoms with Crippen LogP contribution < -0.4 is 0 Å². The van der Waals surface area contributed by atoms with Crippen LogP contribution in [0.25, 0.3) is 0 Å². The van der Waals surface area contributed by atoms with Crippen LogP contribution >= 0.6 is 0 Å². The molecule has 0 saturated heterocycles. The number of hydrogen-bond acceptors (Lipinski definition) is 1. The summed E-state index contributed by atoms with van der Waals surface area (Å²) in [6, 6.07) is 0. The van der Waals surface area contributed by atoms with Crippen LogP contribution in [-0.4, -0.2) is 5.78 Å². The quantitative estimate of drug-likeness (QED) is 0.653. The van der Waals surface area contributed by atoms with Crippen molar-refractivity contribution in [1.82, 2.24) is 0 Å². The van der Waals surface area contributed by atoms with E-state index < -0.39 is 0 Å². The highest BCUT2D eigenvalue weighted by molar-refractivity contribution is 5.96. The lowest BCUT2D eigenvalue weighted by Crippen LogP contribution is -2.38. The minimum Gasteiger partial charge on any atom is -0.295 e. The Morgan fingerprint density at radius 2 is 2.06 bits per heavy atom. The van der Waals surface area contributed by atoms with E-state index in [1.54, 1.807) is 0 Å². The number of hydrogen-bond donors (Lipinski definition) is 0. The predicted molar refractivity (Wildman–Crippen MR) is 67.2 cm³/mol. The molecule has 0 aromatic carbocycles. The predicted octanol–water partition coefficient (Wildman–Crippen LogP) is 3.98. The molecule has 0 N–H and O–H groups in total. The minimum absolute atomic E-state index is 0.296. The van der Waals surface area contributed by atoms with Gasteiger partial charge in [0.2, 0.25) is 0 Å². The Labute approximate surface area is 99.3 Å². The second-order valence-electron chi connectivity index (χ2n) is 6.25. The monoisotopic (exact) mass is 220 g/mol. The number of rotatable bonds is 1. The van der Waals surface area contributed by atoms with E-state index in [0.29, 0.717) is 23.0 Å². The Morgan fingerprint density at radius 3 is 2.62 bits per heavy atom. The molecule has 2 unspecified atom stereocenters. The molecule has 0 bridgehead atoms. The number of carbonyl (C=O) groups excluding carboxylic acids is 1. The molecule has 0 aromatic rings. The lowest BCUT2D eigenvalue weighted by Gasteiger charge is -2.42. The first-order valence-corrected chi connectivity index (χ1v) is 6.67. The van der Waals surface area contributed by atoms with E-state index in [9.17, 15) is 4.79 Å². The molecule has 1 spiro atoms. The molecular formula is C15H24O. The van der Waals surface area contributed by atoms with Gasteiger partial charge < -0.3 is 0 Å². The molecule has 2 aliphatic rings. The molecule has 1 saturated carbocycles. The minimum atomic E-state index is 0.296. The van der Waals surface area contributed by atoms with E-state index in [-0.39, 0.29) is 0 Å². The van der Waals surface area contributed by atoms with Crippen molar-refractivity contribution in [1.29, 1.82) is 0 Å². The van der Waals surface area contributed by atoms with Crippen molar-refractivity contribution in [2.24, 2.45) is 23.2 Å². The second kappa shape index (κ2) is 4.01. The van der Waals surface area contributed by atoms with Gasteiger partial charge in [-0.1, -0.05) is 26.8 Å². The Balaban J connectivity index is 2.32. The van der Waals surface area contributed by atoms with Gasteiger partial charge >= 0.3 is 0 Å². The molecule has 0 radical (unpaired) electrons. The molecular weight excluding hydrogens is 196 g/mol. The average molecular weight is 220 g/mol. The maximum Gasteiger partial charge on any atom is 0.158 e. The highest BCUT2D eigenvalue weighted by atomic mass is 16.1. The topological polar surface area (TPSA) is 17.1 Å². The van der Waals surface area contributed by atoms with Crippen LogP contribution in [0.4, 0.5) is 0 Å². The zero-order valence-electron chi connectivity index (χ0n) is 11.0. The second-order valence-corrected chi connectivity index (χ2v) is 6.25. The average Bonchev–Trinajstić information content (AvgIpc) is 2.51. The van der Waals surface area contributed by atoms with Crippen molar-refractivity contribution in [3.8, 4) is 0 Å². The summed E-state index contributed by atoms with van der Waals surface area (Å²) in [7, 11) is 0. The van der Waals surface area contributed by atoms with Gasteiger partial charge in [-0.2, -0.15) is 0 Å². The van der Waals surface area contributed by atoms with Gasteiger partial charge in [0.1, 0.15) is 0 Å². The van der Waals surface area contributed by atoms with Crippen LogP contribution in [0.15, 0.2) is 11.6 Å². The summed E-state index contributed by atoms with van der Waals surface area (Å²) in [5.41, 5.74) is 1.29. The first-order chi connectivity index (χ1) is 7.47. The lowest BCUT2D eigenvalue weighted by molar-refractivity contribution is -0.120. The van der Waals surface area contributed by atoms with E-state index in [2.05, 4.69) is 26.8 Å². The van der Waals surface area contributed by atoms with Gasteiger partial charge in [-0.25, -0.2) is 0 Å². The van der Waals surface area contributed by atoms with Crippen molar-refractivity contribution < 1.29 is 4.79 Å². The van der Waals surface area contributed by atoms with E-state index in [0.717, 1.165) is 24.3 Å². The molecule has 1 heteroatoms. The van der Waals surface area contributed by atoms with Gasteiger partial charge in [-0.3, -0.25) is 4.79 Å². The van der Waals surface area contributed by atoms with Crippen molar-refractivity contribution >= 4 is 5.78 Å². The number of Topliss-reactive ketones (excluding diaryl/α,β-unsaturated/α-hetero) is 1. The summed E-state index contributed by atoms with van der Waals surface area (Å²) >= 11 is 0. The van der Waals surface area contributed by atoms with E-state index in [4.69, 9.17) is 0 Å². The Kier molecular flexibility index (Phi) is 2.98. The largest absolute Gasteiger partial charge is 0.295 e. The Bertz CT molecular complexity index is 326. The third-order valence-corrected chi connectivity index (χ3v) is 5.15. The molecule has 16 heavy (non-hydrogen) atoms. The van der Waals surface area contributed by atoms with E-state index >= 15 is 0 Å². The number of carbonyl (C=O) groups is 1. The molecule has 0 aliphatic heterocycles. The van der Waals surface area contributed by atoms with Crippen LogP contribution in [0.3, 0.4) is 0 Å². The molecule has 90 valence electrons. The molecule has 0 heterocycles. The van der Waals surface area contributed by atoms with Crippen LogP contribution in [0.5, 0.6) is 0 Å². The maximum absolute atomic E-state index is 12.0. The van der Waals surface area contributed by atoms with Crippen LogP contribution in [0.1, 0.15) is 53.4 Å². The highest BCUT2D eigenvalue weighted by Crippen LogP contribution is 2.57. The first-order valence-electron chi connectivity index (χ1n) is 6.67. The fourth-order valence-corrected chi connectivity index (χ4v) is 3.99. The summed E-state index contributed by atoms with van der Waals surface area (Å²) in [6.07, 6.45) is 6.76. The molecule has 2 aliphatic carbocycles. The zero-order chi connectivity index (χ0) is 11.9. The number of allylic oxidation sites excluding steroid dienone is 2. The van der Waals surface area contributed by atoms with Gasteiger partial charge in [0, 0.05) is 6.42 Å². The number of ketones is 1. The molecule has 2 rings (SSSR count). The van der Waals surface area contributed by atoms with Gasteiger partial charge in [-0.15, -0.1) is 0 Å². The van der Waals surface area contributed by atoms with Crippen LogP contribution in [0.2, 0.25) is 0 Å². The lowest BCUT2D eigenvalue weighted by atomic mass is 9.61. The highest BCUT2D eigenvalue weighted by Gasteiger charge is 2.50. The summed E-state index contributed by atoms with van der Waals surface area (Å²) in [4.78, 5) is 12.0. The van der Waals surface area contributed by atoms with Crippen LogP contribution in [0, 0.1) is 23.2 Å². The molecule has 3 atom stereocenters. The van der Waals surface area contributed by atoms with Gasteiger partial charge in [0.05, 0.1) is 0 Å².